The van der Waals surface area contributed by atoms with E-state index in [4.69, 9.17) is 5.73 Å². The molecule has 0 saturated carbocycles. The van der Waals surface area contributed by atoms with E-state index in [1.54, 1.807) is 31.3 Å². The molecule has 0 aromatic carbocycles. The second-order valence-electron chi connectivity index (χ2n) is 3.02. The topological polar surface area (TPSA) is 75.0 Å². The van der Waals surface area contributed by atoms with Gasteiger partial charge < -0.3 is 15.6 Å². The maximum atomic E-state index is 11.3. The first-order valence-electron chi connectivity index (χ1n) is 4.10. The molecule has 1 amide bonds. The zero-order chi connectivity index (χ0) is 9.84. The summed E-state index contributed by atoms with van der Waals surface area (Å²) in [6, 6.07) is -0.458. The third kappa shape index (κ3) is 2.55. The Kier molecular flexibility index (Phi) is 3.02. The maximum absolute atomic E-state index is 11.3. The van der Waals surface area contributed by atoms with E-state index in [-0.39, 0.29) is 5.91 Å². The van der Waals surface area contributed by atoms with E-state index in [2.05, 4.69) is 9.97 Å². The molecule has 0 aliphatic rings. The highest BCUT2D eigenvalue weighted by Crippen LogP contribution is 1.97. The summed E-state index contributed by atoms with van der Waals surface area (Å²) in [4.78, 5) is 19.8. The SMILES string of the molecule is C[C@@H](N)C(=O)N(C)Cc1ncc[nH]1. The van der Waals surface area contributed by atoms with Gasteiger partial charge in [0.05, 0.1) is 12.6 Å². The number of nitrogens with one attached hydrogen (secondary N) is 1. The van der Waals surface area contributed by atoms with Gasteiger partial charge in [0.2, 0.25) is 5.91 Å². The molecule has 0 unspecified atom stereocenters. The van der Waals surface area contributed by atoms with Gasteiger partial charge in [-0.15, -0.1) is 0 Å². The highest BCUT2D eigenvalue weighted by Gasteiger charge is 2.13. The Morgan fingerprint density at radius 2 is 2.54 bits per heavy atom. The minimum atomic E-state index is -0.458. The maximum Gasteiger partial charge on any atom is 0.239 e. The number of rotatable bonds is 3. The molecule has 0 saturated heterocycles. The van der Waals surface area contributed by atoms with Crippen molar-refractivity contribution in [2.75, 3.05) is 7.05 Å². The number of hydrogen-bond acceptors (Lipinski definition) is 3. The smallest absolute Gasteiger partial charge is 0.239 e. The molecule has 13 heavy (non-hydrogen) atoms. The van der Waals surface area contributed by atoms with Crippen LogP contribution in [0.1, 0.15) is 12.7 Å². The molecule has 1 aromatic rings. The summed E-state index contributed by atoms with van der Waals surface area (Å²) >= 11 is 0. The van der Waals surface area contributed by atoms with Crippen molar-refractivity contribution < 1.29 is 4.79 Å². The fourth-order valence-corrected chi connectivity index (χ4v) is 1.03. The molecular weight excluding hydrogens is 168 g/mol. The summed E-state index contributed by atoms with van der Waals surface area (Å²) in [6.45, 7) is 2.13. The number of carbonyl (C=O) groups excluding carboxylic acids is 1. The monoisotopic (exact) mass is 182 g/mol. The summed E-state index contributed by atoms with van der Waals surface area (Å²) < 4.78 is 0. The van der Waals surface area contributed by atoms with E-state index in [0.717, 1.165) is 5.82 Å². The number of hydrogen-bond donors (Lipinski definition) is 2. The molecule has 0 spiro atoms. The fourth-order valence-electron chi connectivity index (χ4n) is 1.03. The van der Waals surface area contributed by atoms with Crippen molar-refractivity contribution in [3.8, 4) is 0 Å². The van der Waals surface area contributed by atoms with E-state index >= 15 is 0 Å². The minimum absolute atomic E-state index is 0.0867. The molecule has 0 aliphatic carbocycles. The number of nitrogens with zero attached hydrogens (tertiary/aromatic N) is 2. The zero-order valence-electron chi connectivity index (χ0n) is 7.82. The molecule has 0 radical (unpaired) electrons. The zero-order valence-corrected chi connectivity index (χ0v) is 7.82. The van der Waals surface area contributed by atoms with E-state index in [9.17, 15) is 4.79 Å². The van der Waals surface area contributed by atoms with Gasteiger partial charge >= 0.3 is 0 Å². The van der Waals surface area contributed by atoms with E-state index in [0.29, 0.717) is 6.54 Å². The molecular formula is C8H14N4O. The quantitative estimate of drug-likeness (QED) is 0.674. The van der Waals surface area contributed by atoms with Gasteiger partial charge in [0, 0.05) is 19.4 Å². The van der Waals surface area contributed by atoms with Crippen molar-refractivity contribution >= 4 is 5.91 Å². The van der Waals surface area contributed by atoms with Gasteiger partial charge in [0.25, 0.3) is 0 Å². The Bertz CT molecular complexity index is 268. The predicted molar refractivity (Wildman–Crippen MR) is 48.7 cm³/mol. The molecule has 0 fully saturated rings. The third-order valence-electron chi connectivity index (χ3n) is 1.71. The number of likely N-dealkylation sites (N-methyl/N-ethyl adjacent to an activating group) is 1. The van der Waals surface area contributed by atoms with Crippen LogP contribution in [-0.4, -0.2) is 33.9 Å². The van der Waals surface area contributed by atoms with Crippen LogP contribution in [0.3, 0.4) is 0 Å². The van der Waals surface area contributed by atoms with Gasteiger partial charge in [0.1, 0.15) is 5.82 Å². The number of nitrogens with two attached hydrogens (primary N) is 1. The molecule has 5 nitrogen and oxygen atoms in total. The van der Waals surface area contributed by atoms with Crippen LogP contribution in [0.4, 0.5) is 0 Å². The van der Waals surface area contributed by atoms with Crippen LogP contribution < -0.4 is 5.73 Å². The molecule has 72 valence electrons. The second kappa shape index (κ2) is 4.04. The number of aromatic amines is 1. The lowest BCUT2D eigenvalue weighted by molar-refractivity contribution is -0.131. The van der Waals surface area contributed by atoms with Crippen LogP contribution >= 0.6 is 0 Å². The van der Waals surface area contributed by atoms with Gasteiger partial charge in [-0.2, -0.15) is 0 Å². The highest BCUT2D eigenvalue weighted by molar-refractivity contribution is 5.80. The summed E-state index contributed by atoms with van der Waals surface area (Å²) in [5.74, 6) is 0.674. The van der Waals surface area contributed by atoms with Crippen LogP contribution in [0.5, 0.6) is 0 Å². The molecule has 1 atom stereocenters. The van der Waals surface area contributed by atoms with Crippen LogP contribution in [0.2, 0.25) is 0 Å². The van der Waals surface area contributed by atoms with Crippen molar-refractivity contribution in [2.24, 2.45) is 5.73 Å². The van der Waals surface area contributed by atoms with Gasteiger partial charge in [-0.3, -0.25) is 4.79 Å². The Labute approximate surface area is 76.9 Å². The lowest BCUT2D eigenvalue weighted by Crippen LogP contribution is -2.39. The molecule has 3 N–H and O–H groups in total. The average Bonchev–Trinajstić information content (AvgIpc) is 2.55. The van der Waals surface area contributed by atoms with Gasteiger partial charge in [-0.05, 0) is 6.92 Å². The first kappa shape index (κ1) is 9.73. The lowest BCUT2D eigenvalue weighted by atomic mass is 10.3. The second-order valence-corrected chi connectivity index (χ2v) is 3.02. The number of carbonyl (C=O) groups is 1. The third-order valence-corrected chi connectivity index (χ3v) is 1.71. The summed E-state index contributed by atoms with van der Waals surface area (Å²) in [6.07, 6.45) is 3.37. The van der Waals surface area contributed by atoms with Crippen molar-refractivity contribution in [3.05, 3.63) is 18.2 Å². The van der Waals surface area contributed by atoms with Crippen molar-refractivity contribution in [1.82, 2.24) is 14.9 Å². The molecule has 1 heterocycles. The first-order chi connectivity index (χ1) is 6.11. The average molecular weight is 182 g/mol. The van der Waals surface area contributed by atoms with E-state index < -0.39 is 6.04 Å². The van der Waals surface area contributed by atoms with Crippen LogP contribution in [0.25, 0.3) is 0 Å². The fraction of sp³-hybridized carbons (Fsp3) is 0.500. The normalized spacial score (nSPS) is 12.5. The largest absolute Gasteiger partial charge is 0.347 e. The minimum Gasteiger partial charge on any atom is -0.347 e. The Morgan fingerprint density at radius 3 is 3.00 bits per heavy atom. The number of imidazole rings is 1. The van der Waals surface area contributed by atoms with Gasteiger partial charge in [0.15, 0.2) is 0 Å². The molecule has 0 aliphatic heterocycles. The summed E-state index contributed by atoms with van der Waals surface area (Å²) in [7, 11) is 1.70. The number of aromatic nitrogens is 2. The van der Waals surface area contributed by atoms with E-state index in [1.807, 2.05) is 0 Å². The van der Waals surface area contributed by atoms with Gasteiger partial charge in [-0.25, -0.2) is 4.98 Å². The summed E-state index contributed by atoms with van der Waals surface area (Å²) in [5.41, 5.74) is 5.44. The number of amides is 1. The summed E-state index contributed by atoms with van der Waals surface area (Å²) in [5, 5.41) is 0. The molecule has 0 bridgehead atoms. The Hall–Kier alpha value is -1.36. The standard InChI is InChI=1S/C8H14N4O/c1-6(9)8(13)12(2)5-7-10-3-4-11-7/h3-4,6H,5,9H2,1-2H3,(H,10,11)/t6-/m1/s1. The first-order valence-corrected chi connectivity index (χ1v) is 4.10. The van der Waals surface area contributed by atoms with E-state index in [1.165, 1.54) is 0 Å². The molecule has 5 heteroatoms. The highest BCUT2D eigenvalue weighted by atomic mass is 16.2. The van der Waals surface area contributed by atoms with Crippen molar-refractivity contribution in [3.63, 3.8) is 0 Å². The van der Waals surface area contributed by atoms with Crippen molar-refractivity contribution in [1.29, 1.82) is 0 Å². The van der Waals surface area contributed by atoms with Crippen molar-refractivity contribution in [2.45, 2.75) is 19.5 Å². The Balaban J connectivity index is 2.51. The van der Waals surface area contributed by atoms with Crippen LogP contribution in [0, 0.1) is 0 Å². The van der Waals surface area contributed by atoms with Crippen LogP contribution in [-0.2, 0) is 11.3 Å². The molecule has 1 aromatic heterocycles. The molecule has 1 rings (SSSR count). The number of H-pyrrole nitrogens is 1. The lowest BCUT2D eigenvalue weighted by Gasteiger charge is -2.17. The Morgan fingerprint density at radius 1 is 1.85 bits per heavy atom. The van der Waals surface area contributed by atoms with Gasteiger partial charge in [-0.1, -0.05) is 0 Å². The van der Waals surface area contributed by atoms with Crippen LogP contribution in [0.15, 0.2) is 12.4 Å². The predicted octanol–water partition coefficient (Wildman–Crippen LogP) is -0.285.